The van der Waals surface area contributed by atoms with E-state index in [0.29, 0.717) is 31.0 Å². The standard InChI is InChI=1S/C26H40O5/c1-15(27)18-7-8-19-23-21(31-22-6-4-5-11-30-22)13-16-12-17(28)9-10-25(16,2)24(23)20(29)14-26(18,19)3/h16,18-24,29H,4-14H2,1-3H3/t16-,18?,19?,20+,21+,22?,23?,24?,25?,26?/m0/s1. The molecule has 5 heteroatoms. The predicted molar refractivity (Wildman–Crippen MR) is 116 cm³/mol. The van der Waals surface area contributed by atoms with Crippen LogP contribution in [0.1, 0.15) is 85.0 Å². The average molecular weight is 433 g/mol. The van der Waals surface area contributed by atoms with E-state index in [9.17, 15) is 14.7 Å². The monoisotopic (exact) mass is 432 g/mol. The minimum atomic E-state index is -0.439. The van der Waals surface area contributed by atoms with E-state index >= 15 is 0 Å². The van der Waals surface area contributed by atoms with E-state index in [-0.39, 0.29) is 52.7 Å². The van der Waals surface area contributed by atoms with Crippen molar-refractivity contribution >= 4 is 11.6 Å². The highest BCUT2D eigenvalue weighted by atomic mass is 16.7. The van der Waals surface area contributed by atoms with Crippen molar-refractivity contribution in [3.8, 4) is 0 Å². The Labute approximate surface area is 186 Å². The van der Waals surface area contributed by atoms with Gasteiger partial charge in [0.2, 0.25) is 0 Å². The van der Waals surface area contributed by atoms with Gasteiger partial charge in [0.05, 0.1) is 12.2 Å². The van der Waals surface area contributed by atoms with E-state index in [1.165, 1.54) is 0 Å². The Kier molecular flexibility index (Phi) is 5.63. The summed E-state index contributed by atoms with van der Waals surface area (Å²) in [5.74, 6) is 1.70. The van der Waals surface area contributed by atoms with Crippen LogP contribution in [0.25, 0.3) is 0 Å². The third-order valence-electron chi connectivity index (χ3n) is 10.4. The number of Topliss-reactive ketones (excluding diaryl/α,β-unsaturated/α-hetero) is 2. The molecule has 5 rings (SSSR count). The minimum Gasteiger partial charge on any atom is -0.393 e. The maximum atomic E-state index is 12.5. The summed E-state index contributed by atoms with van der Waals surface area (Å²) in [7, 11) is 0. The molecule has 7 unspecified atom stereocenters. The van der Waals surface area contributed by atoms with Gasteiger partial charge in [-0.05, 0) is 92.8 Å². The summed E-state index contributed by atoms with van der Waals surface area (Å²) in [4.78, 5) is 24.9. The van der Waals surface area contributed by atoms with Crippen LogP contribution in [0.3, 0.4) is 0 Å². The number of ether oxygens (including phenoxy) is 2. The number of fused-ring (bicyclic) bond motifs is 5. The number of hydrogen-bond acceptors (Lipinski definition) is 5. The van der Waals surface area contributed by atoms with E-state index in [4.69, 9.17) is 9.47 Å². The van der Waals surface area contributed by atoms with E-state index in [0.717, 1.165) is 51.6 Å². The molecule has 1 saturated heterocycles. The van der Waals surface area contributed by atoms with Crippen LogP contribution in [0.4, 0.5) is 0 Å². The fourth-order valence-electron chi connectivity index (χ4n) is 8.92. The second-order valence-corrected chi connectivity index (χ2v) is 11.9. The molecule has 4 aliphatic carbocycles. The Balaban J connectivity index is 1.52. The van der Waals surface area contributed by atoms with Crippen LogP contribution in [-0.4, -0.2) is 41.8 Å². The quantitative estimate of drug-likeness (QED) is 0.673. The maximum Gasteiger partial charge on any atom is 0.157 e. The molecule has 0 aromatic heterocycles. The molecule has 4 saturated carbocycles. The van der Waals surface area contributed by atoms with Crippen LogP contribution in [0.2, 0.25) is 0 Å². The summed E-state index contributed by atoms with van der Waals surface area (Å²) in [5, 5.41) is 11.6. The fraction of sp³-hybridized carbons (Fsp3) is 0.923. The molecule has 5 fully saturated rings. The highest BCUT2D eigenvalue weighted by molar-refractivity contribution is 5.80. The molecule has 0 amide bonds. The van der Waals surface area contributed by atoms with Crippen LogP contribution < -0.4 is 0 Å². The average Bonchev–Trinajstić information content (AvgIpc) is 3.06. The van der Waals surface area contributed by atoms with E-state index in [1.54, 1.807) is 6.92 Å². The Morgan fingerprint density at radius 2 is 1.97 bits per heavy atom. The lowest BCUT2D eigenvalue weighted by atomic mass is 9.43. The van der Waals surface area contributed by atoms with Crippen molar-refractivity contribution in [3.05, 3.63) is 0 Å². The molecule has 5 nitrogen and oxygen atoms in total. The summed E-state index contributed by atoms with van der Waals surface area (Å²) >= 11 is 0. The van der Waals surface area contributed by atoms with Gasteiger partial charge in [-0.3, -0.25) is 9.59 Å². The zero-order chi connectivity index (χ0) is 22.0. The Morgan fingerprint density at radius 3 is 2.68 bits per heavy atom. The van der Waals surface area contributed by atoms with Gasteiger partial charge in [0, 0.05) is 25.4 Å². The molecule has 0 radical (unpaired) electrons. The third-order valence-corrected chi connectivity index (χ3v) is 10.4. The number of hydrogen-bond donors (Lipinski definition) is 1. The molecule has 0 aromatic rings. The number of aliphatic hydroxyl groups is 1. The van der Waals surface area contributed by atoms with Gasteiger partial charge in [-0.1, -0.05) is 13.8 Å². The maximum absolute atomic E-state index is 12.5. The molecule has 10 atom stereocenters. The molecule has 0 spiro atoms. The molecule has 1 aliphatic heterocycles. The van der Waals surface area contributed by atoms with Crippen LogP contribution in [0.5, 0.6) is 0 Å². The number of rotatable bonds is 3. The molecule has 174 valence electrons. The van der Waals surface area contributed by atoms with Crippen molar-refractivity contribution in [1.29, 1.82) is 0 Å². The van der Waals surface area contributed by atoms with E-state index in [2.05, 4.69) is 13.8 Å². The van der Waals surface area contributed by atoms with E-state index < -0.39 is 6.10 Å². The molecule has 0 aromatic carbocycles. The van der Waals surface area contributed by atoms with Gasteiger partial charge in [0.1, 0.15) is 11.6 Å². The number of aliphatic hydroxyl groups excluding tert-OH is 1. The molecule has 31 heavy (non-hydrogen) atoms. The van der Waals surface area contributed by atoms with Crippen molar-refractivity contribution < 1.29 is 24.2 Å². The van der Waals surface area contributed by atoms with Gasteiger partial charge in [-0.15, -0.1) is 0 Å². The van der Waals surface area contributed by atoms with Crippen LogP contribution in [0, 0.1) is 40.4 Å². The molecule has 1 N–H and O–H groups in total. The smallest absolute Gasteiger partial charge is 0.157 e. The molecular formula is C26H40O5. The number of ketones is 2. The summed E-state index contributed by atoms with van der Waals surface area (Å²) in [6.07, 6.45) is 8.22. The molecule has 1 heterocycles. The lowest BCUT2D eigenvalue weighted by Gasteiger charge is -2.63. The van der Waals surface area contributed by atoms with Crippen molar-refractivity contribution in [2.24, 2.45) is 40.4 Å². The Bertz CT molecular complexity index is 729. The summed E-state index contributed by atoms with van der Waals surface area (Å²) in [6, 6.07) is 0. The zero-order valence-corrected chi connectivity index (χ0v) is 19.5. The van der Waals surface area contributed by atoms with Gasteiger partial charge >= 0.3 is 0 Å². The van der Waals surface area contributed by atoms with Gasteiger partial charge in [0.25, 0.3) is 0 Å². The fourth-order valence-corrected chi connectivity index (χ4v) is 8.92. The van der Waals surface area contributed by atoms with Crippen LogP contribution in [0.15, 0.2) is 0 Å². The molecular weight excluding hydrogens is 392 g/mol. The van der Waals surface area contributed by atoms with Gasteiger partial charge in [0.15, 0.2) is 6.29 Å². The Hall–Kier alpha value is -0.780. The first-order valence-electron chi connectivity index (χ1n) is 12.7. The Morgan fingerprint density at radius 1 is 1.16 bits per heavy atom. The summed E-state index contributed by atoms with van der Waals surface area (Å²) in [5.41, 5.74) is -0.184. The summed E-state index contributed by atoms with van der Waals surface area (Å²) < 4.78 is 12.7. The first kappa shape index (κ1) is 22.0. The van der Waals surface area contributed by atoms with Crippen LogP contribution >= 0.6 is 0 Å². The lowest BCUT2D eigenvalue weighted by molar-refractivity contribution is -0.261. The first-order chi connectivity index (χ1) is 14.7. The highest BCUT2D eigenvalue weighted by Gasteiger charge is 2.66. The van der Waals surface area contributed by atoms with Gasteiger partial charge in [-0.25, -0.2) is 0 Å². The highest BCUT2D eigenvalue weighted by Crippen LogP contribution is 2.67. The van der Waals surface area contributed by atoms with Gasteiger partial charge in [-0.2, -0.15) is 0 Å². The molecule has 0 bridgehead atoms. The van der Waals surface area contributed by atoms with Crippen molar-refractivity contribution in [3.63, 3.8) is 0 Å². The first-order valence-corrected chi connectivity index (χ1v) is 12.7. The minimum absolute atomic E-state index is 0.00191. The lowest BCUT2D eigenvalue weighted by Crippen LogP contribution is -2.63. The topological polar surface area (TPSA) is 72.8 Å². The molecule has 5 aliphatic rings. The predicted octanol–water partition coefficient (Wildman–Crippen LogP) is 4.30. The number of carbonyl (C=O) groups is 2. The SMILES string of the molecule is CC(=O)C1CCC2C3C([C@H](O)CC12C)C1(C)CCC(=O)C[C@H]1C[C@H]3OC1CCCCO1. The number of carbonyl (C=O) groups excluding carboxylic acids is 2. The summed E-state index contributed by atoms with van der Waals surface area (Å²) in [6.45, 7) is 7.06. The normalized spacial score (nSPS) is 52.2. The third kappa shape index (κ3) is 3.45. The van der Waals surface area contributed by atoms with Crippen molar-refractivity contribution in [1.82, 2.24) is 0 Å². The van der Waals surface area contributed by atoms with Crippen molar-refractivity contribution in [2.45, 2.75) is 103 Å². The van der Waals surface area contributed by atoms with E-state index in [1.807, 2.05) is 0 Å². The second kappa shape index (κ2) is 7.92. The van der Waals surface area contributed by atoms with Gasteiger partial charge < -0.3 is 14.6 Å². The zero-order valence-electron chi connectivity index (χ0n) is 19.5. The van der Waals surface area contributed by atoms with Crippen molar-refractivity contribution in [2.75, 3.05) is 6.61 Å². The largest absolute Gasteiger partial charge is 0.393 e. The second-order valence-electron chi connectivity index (χ2n) is 11.9. The van der Waals surface area contributed by atoms with Crippen LogP contribution in [-0.2, 0) is 19.1 Å².